The molecule has 0 heterocycles. The van der Waals surface area contributed by atoms with Crippen LogP contribution < -0.4 is 10.5 Å². The average molecular weight is 231 g/mol. The number of hydrogen-bond acceptors (Lipinski definition) is 2. The topological polar surface area (TPSA) is 35.2 Å². The zero-order chi connectivity index (χ0) is 12.3. The van der Waals surface area contributed by atoms with Gasteiger partial charge >= 0.3 is 0 Å². The number of hydrogen-bond donors (Lipinski definition) is 1. The van der Waals surface area contributed by atoms with E-state index in [0.29, 0.717) is 12.4 Å². The van der Waals surface area contributed by atoms with Crippen LogP contribution in [0.2, 0.25) is 0 Å². The van der Waals surface area contributed by atoms with Crippen molar-refractivity contribution in [3.8, 4) is 5.75 Å². The Hall–Kier alpha value is -2.03. The van der Waals surface area contributed by atoms with E-state index in [1.807, 2.05) is 30.3 Å². The maximum Gasteiger partial charge on any atom is 0.150 e. The van der Waals surface area contributed by atoms with Crippen molar-refractivity contribution in [1.82, 2.24) is 0 Å². The van der Waals surface area contributed by atoms with E-state index in [1.165, 1.54) is 6.07 Å². The van der Waals surface area contributed by atoms with Crippen LogP contribution in [0.3, 0.4) is 0 Å². The summed E-state index contributed by atoms with van der Waals surface area (Å²) in [7, 11) is 0. The molecule has 0 amide bonds. The van der Waals surface area contributed by atoms with Crippen molar-refractivity contribution in [2.24, 2.45) is 0 Å². The van der Waals surface area contributed by atoms with E-state index < -0.39 is 5.82 Å². The molecule has 0 bridgehead atoms. The Bertz CT molecular complexity index is 511. The Balaban J connectivity index is 2.14. The summed E-state index contributed by atoms with van der Waals surface area (Å²) >= 11 is 0. The molecule has 3 heteroatoms. The summed E-state index contributed by atoms with van der Waals surface area (Å²) in [5.41, 5.74) is 7.49. The van der Waals surface area contributed by atoms with Gasteiger partial charge in [0, 0.05) is 0 Å². The van der Waals surface area contributed by atoms with Crippen LogP contribution in [0.15, 0.2) is 42.5 Å². The van der Waals surface area contributed by atoms with Crippen LogP contribution in [-0.4, -0.2) is 0 Å². The van der Waals surface area contributed by atoms with E-state index in [2.05, 4.69) is 0 Å². The first-order chi connectivity index (χ1) is 8.16. The van der Waals surface area contributed by atoms with Crippen LogP contribution in [0.25, 0.3) is 0 Å². The predicted molar refractivity (Wildman–Crippen MR) is 66.3 cm³/mol. The lowest BCUT2D eigenvalue weighted by Gasteiger charge is -2.10. The summed E-state index contributed by atoms with van der Waals surface area (Å²) in [6.45, 7) is 2.19. The van der Waals surface area contributed by atoms with Crippen LogP contribution in [0.4, 0.5) is 10.1 Å². The van der Waals surface area contributed by atoms with E-state index in [4.69, 9.17) is 10.5 Å². The van der Waals surface area contributed by atoms with Gasteiger partial charge < -0.3 is 10.5 Å². The maximum absolute atomic E-state index is 13.4. The Labute approximate surface area is 99.8 Å². The van der Waals surface area contributed by atoms with E-state index in [0.717, 1.165) is 11.1 Å². The molecular weight excluding hydrogens is 217 g/mol. The van der Waals surface area contributed by atoms with Gasteiger partial charge in [0.25, 0.3) is 0 Å². The molecule has 0 saturated heterocycles. The molecule has 2 rings (SSSR count). The molecule has 0 fully saturated rings. The summed E-state index contributed by atoms with van der Waals surface area (Å²) in [4.78, 5) is 0. The molecule has 88 valence electrons. The molecule has 0 aliphatic carbocycles. The lowest BCUT2D eigenvalue weighted by Crippen LogP contribution is -2.01. The van der Waals surface area contributed by atoms with Gasteiger partial charge in [-0.15, -0.1) is 0 Å². The monoisotopic (exact) mass is 231 g/mol. The molecule has 0 aliphatic heterocycles. The SMILES string of the molecule is Cc1cc(F)c(N)c(OCc2ccccc2)c1. The van der Waals surface area contributed by atoms with Crippen molar-refractivity contribution < 1.29 is 9.13 Å². The zero-order valence-corrected chi connectivity index (χ0v) is 9.61. The first-order valence-electron chi connectivity index (χ1n) is 5.39. The zero-order valence-electron chi connectivity index (χ0n) is 9.61. The van der Waals surface area contributed by atoms with Gasteiger partial charge in [0.05, 0.1) is 0 Å². The lowest BCUT2D eigenvalue weighted by molar-refractivity contribution is 0.306. The van der Waals surface area contributed by atoms with Gasteiger partial charge in [-0.05, 0) is 30.2 Å². The Kier molecular flexibility index (Phi) is 3.28. The highest BCUT2D eigenvalue weighted by Crippen LogP contribution is 2.26. The standard InChI is InChI=1S/C14H14FNO/c1-10-7-12(15)14(16)13(8-10)17-9-11-5-3-2-4-6-11/h2-8H,9,16H2,1H3. The molecule has 0 aromatic heterocycles. The molecule has 0 unspecified atom stereocenters. The third kappa shape index (κ3) is 2.75. The van der Waals surface area contributed by atoms with Gasteiger partial charge in [-0.2, -0.15) is 0 Å². The summed E-state index contributed by atoms with van der Waals surface area (Å²) in [6.07, 6.45) is 0. The minimum absolute atomic E-state index is 0.0616. The molecule has 2 aromatic rings. The maximum atomic E-state index is 13.4. The van der Waals surface area contributed by atoms with E-state index >= 15 is 0 Å². The fraction of sp³-hybridized carbons (Fsp3) is 0.143. The molecule has 2 aromatic carbocycles. The summed E-state index contributed by atoms with van der Waals surface area (Å²) in [5, 5.41) is 0. The van der Waals surface area contributed by atoms with Crippen molar-refractivity contribution in [3.05, 3.63) is 59.4 Å². The molecule has 2 N–H and O–H groups in total. The molecule has 0 radical (unpaired) electrons. The number of nitrogen functional groups attached to an aromatic ring is 1. The van der Waals surface area contributed by atoms with E-state index in [9.17, 15) is 4.39 Å². The quantitative estimate of drug-likeness (QED) is 0.822. The van der Waals surface area contributed by atoms with Gasteiger partial charge in [0.2, 0.25) is 0 Å². The second-order valence-electron chi connectivity index (χ2n) is 3.93. The normalized spacial score (nSPS) is 10.2. The van der Waals surface area contributed by atoms with Crippen molar-refractivity contribution in [2.75, 3.05) is 5.73 Å². The van der Waals surface area contributed by atoms with Gasteiger partial charge in [0.1, 0.15) is 23.9 Å². The van der Waals surface area contributed by atoms with Gasteiger partial charge in [-0.3, -0.25) is 0 Å². The first kappa shape index (κ1) is 11.5. The fourth-order valence-corrected chi connectivity index (χ4v) is 1.58. The highest BCUT2D eigenvalue weighted by molar-refractivity contribution is 5.55. The van der Waals surface area contributed by atoms with Crippen molar-refractivity contribution >= 4 is 5.69 Å². The summed E-state index contributed by atoms with van der Waals surface area (Å²) in [5.74, 6) is -0.0422. The third-order valence-electron chi connectivity index (χ3n) is 2.47. The number of halogens is 1. The van der Waals surface area contributed by atoms with E-state index in [1.54, 1.807) is 13.0 Å². The first-order valence-corrected chi connectivity index (χ1v) is 5.39. The molecule has 0 aliphatic rings. The van der Waals surface area contributed by atoms with Gasteiger partial charge in [-0.25, -0.2) is 4.39 Å². The number of nitrogens with two attached hydrogens (primary N) is 1. The minimum Gasteiger partial charge on any atom is -0.487 e. The Morgan fingerprint density at radius 1 is 1.18 bits per heavy atom. The second-order valence-corrected chi connectivity index (χ2v) is 3.93. The molecule has 0 atom stereocenters. The third-order valence-corrected chi connectivity index (χ3v) is 2.47. The van der Waals surface area contributed by atoms with E-state index in [-0.39, 0.29) is 5.69 Å². The van der Waals surface area contributed by atoms with Gasteiger partial charge in [-0.1, -0.05) is 30.3 Å². The minimum atomic E-state index is -0.437. The predicted octanol–water partition coefficient (Wildman–Crippen LogP) is 3.30. The summed E-state index contributed by atoms with van der Waals surface area (Å²) in [6, 6.07) is 12.8. The fourth-order valence-electron chi connectivity index (χ4n) is 1.58. The average Bonchev–Trinajstić information content (AvgIpc) is 2.33. The second kappa shape index (κ2) is 4.87. The summed E-state index contributed by atoms with van der Waals surface area (Å²) < 4.78 is 18.9. The molecule has 0 saturated carbocycles. The highest BCUT2D eigenvalue weighted by atomic mass is 19.1. The van der Waals surface area contributed by atoms with Crippen molar-refractivity contribution in [2.45, 2.75) is 13.5 Å². The molecule has 0 spiro atoms. The highest BCUT2D eigenvalue weighted by Gasteiger charge is 2.07. The number of rotatable bonds is 3. The van der Waals surface area contributed by atoms with Crippen LogP contribution in [0.5, 0.6) is 5.75 Å². The van der Waals surface area contributed by atoms with Crippen molar-refractivity contribution in [3.63, 3.8) is 0 Å². The Morgan fingerprint density at radius 2 is 1.88 bits per heavy atom. The molecular formula is C14H14FNO. The van der Waals surface area contributed by atoms with Crippen LogP contribution >= 0.6 is 0 Å². The number of anilines is 1. The number of aryl methyl sites for hydroxylation is 1. The largest absolute Gasteiger partial charge is 0.487 e. The molecule has 2 nitrogen and oxygen atoms in total. The van der Waals surface area contributed by atoms with Gasteiger partial charge in [0.15, 0.2) is 0 Å². The number of ether oxygens (including phenoxy) is 1. The van der Waals surface area contributed by atoms with Crippen LogP contribution in [0.1, 0.15) is 11.1 Å². The molecule has 17 heavy (non-hydrogen) atoms. The van der Waals surface area contributed by atoms with Crippen LogP contribution in [-0.2, 0) is 6.61 Å². The van der Waals surface area contributed by atoms with Crippen LogP contribution in [0, 0.1) is 12.7 Å². The Morgan fingerprint density at radius 3 is 2.59 bits per heavy atom. The van der Waals surface area contributed by atoms with Crippen molar-refractivity contribution in [1.29, 1.82) is 0 Å². The number of benzene rings is 2. The lowest BCUT2D eigenvalue weighted by atomic mass is 10.2. The smallest absolute Gasteiger partial charge is 0.150 e.